The van der Waals surface area contributed by atoms with E-state index >= 15 is 0 Å². The van der Waals surface area contributed by atoms with Crippen molar-refractivity contribution in [1.82, 2.24) is 9.99 Å². The lowest BCUT2D eigenvalue weighted by atomic mass is 10.2. The highest BCUT2D eigenvalue weighted by Gasteiger charge is 2.23. The molecule has 2 aromatic carbocycles. The van der Waals surface area contributed by atoms with E-state index in [9.17, 15) is 14.4 Å². The summed E-state index contributed by atoms with van der Waals surface area (Å²) in [4.78, 5) is 38.0. The zero-order chi connectivity index (χ0) is 23.4. The van der Waals surface area contributed by atoms with Crippen molar-refractivity contribution in [3.05, 3.63) is 58.2 Å². The van der Waals surface area contributed by atoms with Crippen molar-refractivity contribution in [2.75, 3.05) is 17.9 Å². The second kappa shape index (κ2) is 9.93. The Kier molecular flexibility index (Phi) is 7.27. The summed E-state index contributed by atoms with van der Waals surface area (Å²) in [7, 11) is 1.47. The van der Waals surface area contributed by atoms with Gasteiger partial charge < -0.3 is 15.4 Å². The molecular formula is C22H22Cl2N4O4. The van der Waals surface area contributed by atoms with E-state index in [0.717, 1.165) is 0 Å². The molecule has 0 fully saturated rings. The Morgan fingerprint density at radius 1 is 1.09 bits per heavy atom. The van der Waals surface area contributed by atoms with Gasteiger partial charge in [-0.15, -0.1) is 0 Å². The summed E-state index contributed by atoms with van der Waals surface area (Å²) in [6, 6.07) is 11.2. The largest absolute Gasteiger partial charge is 0.494 e. The number of hydrogen-bond donors (Lipinski definition) is 3. The number of nitrogens with zero attached hydrogens (tertiary/aromatic N) is 1. The van der Waals surface area contributed by atoms with Crippen LogP contribution in [0.4, 0.5) is 5.69 Å². The molecule has 1 aromatic heterocycles. The number of nitrogens with one attached hydrogen (secondary N) is 3. The molecule has 0 bridgehead atoms. The third-order valence-corrected chi connectivity index (χ3v) is 5.38. The average molecular weight is 477 g/mol. The second-order valence-electron chi connectivity index (χ2n) is 7.07. The summed E-state index contributed by atoms with van der Waals surface area (Å²) < 4.78 is 6.62. The van der Waals surface area contributed by atoms with E-state index in [0.29, 0.717) is 33.8 Å². The maximum absolute atomic E-state index is 13.1. The number of carbonyl (C=O) groups is 3. The number of hydrogen-bond acceptors (Lipinski definition) is 4. The number of halogens is 2. The van der Waals surface area contributed by atoms with Gasteiger partial charge in [-0.05, 0) is 43.7 Å². The molecule has 3 aromatic rings. The Morgan fingerprint density at radius 3 is 2.50 bits per heavy atom. The average Bonchev–Trinajstić information content (AvgIpc) is 3.14. The number of amides is 3. The summed E-state index contributed by atoms with van der Waals surface area (Å²) in [5, 5.41) is 6.59. The van der Waals surface area contributed by atoms with Gasteiger partial charge in [-0.1, -0.05) is 42.3 Å². The van der Waals surface area contributed by atoms with Gasteiger partial charge in [0.05, 0.1) is 17.8 Å². The van der Waals surface area contributed by atoms with Gasteiger partial charge in [0.1, 0.15) is 17.0 Å². The summed E-state index contributed by atoms with van der Waals surface area (Å²) in [5.41, 5.74) is 3.33. The van der Waals surface area contributed by atoms with Crippen molar-refractivity contribution in [3.63, 3.8) is 0 Å². The molecule has 0 aliphatic carbocycles. The Morgan fingerprint density at radius 2 is 1.84 bits per heavy atom. The molecule has 1 atom stereocenters. The van der Waals surface area contributed by atoms with Crippen molar-refractivity contribution in [2.24, 2.45) is 0 Å². The Labute approximate surface area is 194 Å². The van der Waals surface area contributed by atoms with Gasteiger partial charge >= 0.3 is 11.8 Å². The maximum Gasteiger partial charge on any atom is 0.328 e. The lowest BCUT2D eigenvalue weighted by Gasteiger charge is -2.15. The Bertz CT molecular complexity index is 1190. The molecule has 0 aliphatic heterocycles. The molecular weight excluding hydrogens is 455 g/mol. The molecule has 32 heavy (non-hydrogen) atoms. The van der Waals surface area contributed by atoms with Crippen molar-refractivity contribution < 1.29 is 19.1 Å². The topological polar surface area (TPSA) is 101 Å². The first-order valence-corrected chi connectivity index (χ1v) is 10.6. The van der Waals surface area contributed by atoms with E-state index in [2.05, 4.69) is 16.1 Å². The van der Waals surface area contributed by atoms with Crippen LogP contribution in [-0.2, 0) is 9.59 Å². The third kappa shape index (κ3) is 4.98. The van der Waals surface area contributed by atoms with Gasteiger partial charge in [0.15, 0.2) is 0 Å². The van der Waals surface area contributed by atoms with Crippen molar-refractivity contribution in [1.29, 1.82) is 0 Å². The number of benzene rings is 2. The minimum atomic E-state index is -0.924. The molecule has 3 amide bonds. The lowest BCUT2D eigenvalue weighted by Crippen LogP contribution is -2.43. The summed E-state index contributed by atoms with van der Waals surface area (Å²) in [6.45, 7) is 3.67. The normalized spacial score (nSPS) is 11.7. The third-order valence-electron chi connectivity index (χ3n) is 4.83. The molecule has 0 aliphatic rings. The van der Waals surface area contributed by atoms with E-state index in [-0.39, 0.29) is 16.8 Å². The van der Waals surface area contributed by atoms with E-state index in [4.69, 9.17) is 27.9 Å². The zero-order valence-corrected chi connectivity index (χ0v) is 19.2. The number of aromatic nitrogens is 1. The molecule has 3 rings (SSSR count). The lowest BCUT2D eigenvalue weighted by molar-refractivity contribution is -0.137. The first-order valence-electron chi connectivity index (χ1n) is 9.81. The molecule has 0 saturated carbocycles. The van der Waals surface area contributed by atoms with Gasteiger partial charge in [-0.3, -0.25) is 19.8 Å². The predicted molar refractivity (Wildman–Crippen MR) is 125 cm³/mol. The number of methoxy groups -OCH3 is 1. The van der Waals surface area contributed by atoms with Crippen LogP contribution < -0.4 is 20.8 Å². The molecule has 8 nitrogen and oxygen atoms in total. The number of anilines is 1. The van der Waals surface area contributed by atoms with Crippen LogP contribution in [0.1, 0.15) is 30.8 Å². The molecule has 0 spiro atoms. The number of para-hydroxylation sites is 1. The minimum absolute atomic E-state index is 0.0696. The predicted octanol–water partition coefficient (Wildman–Crippen LogP) is 4.19. The molecule has 1 heterocycles. The zero-order valence-electron chi connectivity index (χ0n) is 17.7. The fourth-order valence-electron chi connectivity index (χ4n) is 3.00. The fourth-order valence-corrected chi connectivity index (χ4v) is 3.45. The number of fused-ring (bicyclic) bond motifs is 1. The van der Waals surface area contributed by atoms with Crippen molar-refractivity contribution >= 4 is 57.5 Å². The van der Waals surface area contributed by atoms with Gasteiger partial charge in [0, 0.05) is 16.5 Å². The molecule has 0 unspecified atom stereocenters. The van der Waals surface area contributed by atoms with E-state index in [1.54, 1.807) is 43.3 Å². The fraction of sp³-hybridized carbons (Fsp3) is 0.227. The maximum atomic E-state index is 13.1. The monoisotopic (exact) mass is 476 g/mol. The molecule has 168 valence electrons. The highest BCUT2D eigenvalue weighted by Crippen LogP contribution is 2.30. The quantitative estimate of drug-likeness (QED) is 0.464. The number of ether oxygens (including phenoxy) is 1. The van der Waals surface area contributed by atoms with Crippen LogP contribution in [0.3, 0.4) is 0 Å². The van der Waals surface area contributed by atoms with Crippen LogP contribution in [0.25, 0.3) is 10.9 Å². The minimum Gasteiger partial charge on any atom is -0.494 e. The SMILES string of the molecule is CC[C@H](C)NC(=O)C(=O)Nn1c(C(=O)Nc2ccc(Cl)cc2Cl)cc2cccc(OC)c21. The summed E-state index contributed by atoms with van der Waals surface area (Å²) in [6.07, 6.45) is 0.662. The van der Waals surface area contributed by atoms with E-state index < -0.39 is 17.7 Å². The van der Waals surface area contributed by atoms with Crippen LogP contribution >= 0.6 is 23.2 Å². The van der Waals surface area contributed by atoms with Crippen LogP contribution in [0.15, 0.2) is 42.5 Å². The molecule has 0 saturated heterocycles. The van der Waals surface area contributed by atoms with Gasteiger partial charge in [-0.25, -0.2) is 4.68 Å². The summed E-state index contributed by atoms with van der Waals surface area (Å²) in [5.74, 6) is -1.89. The standard InChI is InChI=1S/C22H22Cl2N4O4/c1-4-12(2)25-21(30)22(31)27-28-17(10-13-6-5-7-18(32-3)19(13)28)20(29)26-16-9-8-14(23)11-15(16)24/h5-12H,4H2,1-3H3,(H,25,30)(H,26,29)(H,27,31)/t12-/m0/s1. The van der Waals surface area contributed by atoms with Crippen molar-refractivity contribution in [3.8, 4) is 5.75 Å². The molecule has 3 N–H and O–H groups in total. The van der Waals surface area contributed by atoms with Crippen LogP contribution in [0.2, 0.25) is 10.0 Å². The first-order chi connectivity index (χ1) is 15.2. The van der Waals surface area contributed by atoms with Crippen LogP contribution in [-0.4, -0.2) is 35.5 Å². The van der Waals surface area contributed by atoms with Gasteiger partial charge in [0.25, 0.3) is 5.91 Å². The highest BCUT2D eigenvalue weighted by molar-refractivity contribution is 6.38. The second-order valence-corrected chi connectivity index (χ2v) is 7.91. The first kappa shape index (κ1) is 23.4. The Balaban J connectivity index is 2.01. The Hall–Kier alpha value is -3.23. The number of carbonyl (C=O) groups excluding carboxylic acids is 3. The molecule has 0 radical (unpaired) electrons. The smallest absolute Gasteiger partial charge is 0.328 e. The summed E-state index contributed by atoms with van der Waals surface area (Å²) >= 11 is 12.1. The van der Waals surface area contributed by atoms with E-state index in [1.807, 2.05) is 6.92 Å². The van der Waals surface area contributed by atoms with Gasteiger partial charge in [0.2, 0.25) is 0 Å². The molecule has 10 heteroatoms. The van der Waals surface area contributed by atoms with Crippen molar-refractivity contribution in [2.45, 2.75) is 26.3 Å². The van der Waals surface area contributed by atoms with Crippen LogP contribution in [0.5, 0.6) is 5.75 Å². The van der Waals surface area contributed by atoms with Crippen LogP contribution in [0, 0.1) is 0 Å². The van der Waals surface area contributed by atoms with Gasteiger partial charge in [-0.2, -0.15) is 0 Å². The number of rotatable bonds is 6. The van der Waals surface area contributed by atoms with E-state index in [1.165, 1.54) is 17.9 Å². The highest BCUT2D eigenvalue weighted by atomic mass is 35.5.